The SMILES string of the molecule is c1nc(CCNc2nnc(CNC3CC3)o2)no1. The van der Waals surface area contributed by atoms with Crippen molar-refractivity contribution in [2.75, 3.05) is 11.9 Å². The lowest BCUT2D eigenvalue weighted by Gasteiger charge is -1.98. The fourth-order valence-electron chi connectivity index (χ4n) is 1.50. The third-order valence-corrected chi connectivity index (χ3v) is 2.62. The number of rotatable bonds is 7. The van der Waals surface area contributed by atoms with E-state index in [2.05, 4.69) is 35.5 Å². The Morgan fingerprint density at radius 3 is 3.06 bits per heavy atom. The smallest absolute Gasteiger partial charge is 0.315 e. The fraction of sp³-hybridized carbons (Fsp3) is 0.600. The monoisotopic (exact) mass is 250 g/mol. The zero-order valence-corrected chi connectivity index (χ0v) is 9.80. The van der Waals surface area contributed by atoms with E-state index in [0.717, 1.165) is 0 Å². The molecule has 1 aliphatic rings. The van der Waals surface area contributed by atoms with Crippen LogP contribution < -0.4 is 10.6 Å². The van der Waals surface area contributed by atoms with Crippen molar-refractivity contribution in [1.82, 2.24) is 25.7 Å². The van der Waals surface area contributed by atoms with Crippen molar-refractivity contribution in [2.45, 2.75) is 31.8 Å². The quantitative estimate of drug-likeness (QED) is 0.726. The molecule has 0 atom stereocenters. The average molecular weight is 250 g/mol. The minimum absolute atomic E-state index is 0.422. The van der Waals surface area contributed by atoms with Crippen LogP contribution in [-0.2, 0) is 13.0 Å². The number of nitrogens with one attached hydrogen (secondary N) is 2. The van der Waals surface area contributed by atoms with Gasteiger partial charge in [-0.1, -0.05) is 10.3 Å². The number of nitrogens with zero attached hydrogens (tertiary/aromatic N) is 4. The number of aromatic nitrogens is 4. The Balaban J connectivity index is 1.41. The van der Waals surface area contributed by atoms with E-state index in [-0.39, 0.29) is 0 Å². The normalized spacial score (nSPS) is 14.9. The lowest BCUT2D eigenvalue weighted by molar-refractivity contribution is 0.410. The highest BCUT2D eigenvalue weighted by molar-refractivity contribution is 5.16. The molecular formula is C10H14N6O2. The summed E-state index contributed by atoms with van der Waals surface area (Å²) in [7, 11) is 0. The molecule has 2 aromatic heterocycles. The second-order valence-corrected chi connectivity index (χ2v) is 4.18. The van der Waals surface area contributed by atoms with Gasteiger partial charge in [0.2, 0.25) is 12.3 Å². The van der Waals surface area contributed by atoms with Crippen molar-refractivity contribution in [3.05, 3.63) is 18.1 Å². The van der Waals surface area contributed by atoms with Gasteiger partial charge in [0.05, 0.1) is 6.54 Å². The van der Waals surface area contributed by atoms with Crippen LogP contribution in [0.3, 0.4) is 0 Å². The Kier molecular flexibility index (Phi) is 3.18. The molecule has 8 nitrogen and oxygen atoms in total. The van der Waals surface area contributed by atoms with Gasteiger partial charge >= 0.3 is 6.01 Å². The Bertz CT molecular complexity index is 478. The Morgan fingerprint density at radius 2 is 2.28 bits per heavy atom. The van der Waals surface area contributed by atoms with Gasteiger partial charge in [-0.15, -0.1) is 5.10 Å². The summed E-state index contributed by atoms with van der Waals surface area (Å²) in [5.41, 5.74) is 0. The van der Waals surface area contributed by atoms with Crippen molar-refractivity contribution in [1.29, 1.82) is 0 Å². The molecule has 8 heteroatoms. The lowest BCUT2D eigenvalue weighted by Crippen LogP contribution is -2.15. The number of hydrogen-bond donors (Lipinski definition) is 2. The molecule has 0 radical (unpaired) electrons. The average Bonchev–Trinajstić information content (AvgIpc) is 2.89. The first kappa shape index (κ1) is 11.1. The highest BCUT2D eigenvalue weighted by Crippen LogP contribution is 2.19. The van der Waals surface area contributed by atoms with Crippen LogP contribution >= 0.6 is 0 Å². The second-order valence-electron chi connectivity index (χ2n) is 4.18. The van der Waals surface area contributed by atoms with Crippen LogP contribution in [0.2, 0.25) is 0 Å². The summed E-state index contributed by atoms with van der Waals surface area (Å²) >= 11 is 0. The van der Waals surface area contributed by atoms with Gasteiger partial charge in [0.25, 0.3) is 0 Å². The molecule has 1 fully saturated rings. The molecule has 0 bridgehead atoms. The predicted molar refractivity (Wildman–Crippen MR) is 60.7 cm³/mol. The van der Waals surface area contributed by atoms with E-state index in [1.165, 1.54) is 19.2 Å². The van der Waals surface area contributed by atoms with Crippen LogP contribution in [0.15, 0.2) is 15.3 Å². The molecule has 0 aromatic carbocycles. The third-order valence-electron chi connectivity index (χ3n) is 2.62. The summed E-state index contributed by atoms with van der Waals surface area (Å²) in [6.07, 6.45) is 4.44. The van der Waals surface area contributed by atoms with Gasteiger partial charge in [-0.05, 0) is 12.8 Å². The van der Waals surface area contributed by atoms with Crippen molar-refractivity contribution in [2.24, 2.45) is 0 Å². The lowest BCUT2D eigenvalue weighted by atomic mass is 10.4. The van der Waals surface area contributed by atoms with Crippen LogP contribution in [-0.4, -0.2) is 32.9 Å². The highest BCUT2D eigenvalue weighted by Gasteiger charge is 2.21. The molecule has 0 unspecified atom stereocenters. The first-order valence-corrected chi connectivity index (χ1v) is 5.95. The zero-order chi connectivity index (χ0) is 12.2. The van der Waals surface area contributed by atoms with Crippen molar-refractivity contribution >= 4 is 6.01 Å². The van der Waals surface area contributed by atoms with Gasteiger partial charge < -0.3 is 19.6 Å². The van der Waals surface area contributed by atoms with Gasteiger partial charge in [-0.3, -0.25) is 0 Å². The molecule has 2 aromatic rings. The van der Waals surface area contributed by atoms with Crippen LogP contribution in [0, 0.1) is 0 Å². The van der Waals surface area contributed by atoms with Crippen LogP contribution in [0.25, 0.3) is 0 Å². The van der Waals surface area contributed by atoms with Crippen LogP contribution in [0.5, 0.6) is 0 Å². The van der Waals surface area contributed by atoms with Gasteiger partial charge in [-0.2, -0.15) is 4.98 Å². The molecule has 0 aliphatic heterocycles. The van der Waals surface area contributed by atoms with Gasteiger partial charge in [0, 0.05) is 19.0 Å². The van der Waals surface area contributed by atoms with Crippen LogP contribution in [0.4, 0.5) is 6.01 Å². The Labute approximate surface area is 103 Å². The highest BCUT2D eigenvalue weighted by atomic mass is 16.5. The molecule has 0 spiro atoms. The zero-order valence-electron chi connectivity index (χ0n) is 9.80. The van der Waals surface area contributed by atoms with Gasteiger partial charge in [0.1, 0.15) is 0 Å². The maximum absolute atomic E-state index is 5.42. The summed E-state index contributed by atoms with van der Waals surface area (Å²) in [6.45, 7) is 1.25. The summed E-state index contributed by atoms with van der Waals surface area (Å²) in [6, 6.07) is 1.05. The van der Waals surface area contributed by atoms with Crippen molar-refractivity contribution in [3.63, 3.8) is 0 Å². The Hall–Kier alpha value is -1.96. The van der Waals surface area contributed by atoms with E-state index in [1.54, 1.807) is 0 Å². The van der Waals surface area contributed by atoms with E-state index in [4.69, 9.17) is 4.42 Å². The number of hydrogen-bond acceptors (Lipinski definition) is 8. The largest absolute Gasteiger partial charge is 0.407 e. The molecule has 0 amide bonds. The molecule has 96 valence electrons. The maximum atomic E-state index is 5.42. The minimum Gasteiger partial charge on any atom is -0.407 e. The van der Waals surface area contributed by atoms with Crippen molar-refractivity contribution < 1.29 is 8.94 Å². The molecule has 18 heavy (non-hydrogen) atoms. The summed E-state index contributed by atoms with van der Waals surface area (Å²) in [5, 5.41) is 17.9. The molecule has 1 aliphatic carbocycles. The molecular weight excluding hydrogens is 236 g/mol. The topological polar surface area (TPSA) is 102 Å². The van der Waals surface area contributed by atoms with Crippen molar-refractivity contribution in [3.8, 4) is 0 Å². The predicted octanol–water partition coefficient (Wildman–Crippen LogP) is 0.359. The molecule has 3 rings (SSSR count). The first-order valence-electron chi connectivity index (χ1n) is 5.95. The summed E-state index contributed by atoms with van der Waals surface area (Å²) < 4.78 is 10.1. The van der Waals surface area contributed by atoms with E-state index in [0.29, 0.717) is 43.3 Å². The molecule has 0 saturated heterocycles. The molecule has 2 heterocycles. The van der Waals surface area contributed by atoms with Crippen LogP contribution in [0.1, 0.15) is 24.6 Å². The van der Waals surface area contributed by atoms with E-state index in [9.17, 15) is 0 Å². The van der Waals surface area contributed by atoms with Gasteiger partial charge in [0.15, 0.2) is 5.82 Å². The van der Waals surface area contributed by atoms with E-state index < -0.39 is 0 Å². The van der Waals surface area contributed by atoms with Gasteiger partial charge in [-0.25, -0.2) is 0 Å². The minimum atomic E-state index is 0.422. The number of anilines is 1. The summed E-state index contributed by atoms with van der Waals surface area (Å²) in [4.78, 5) is 3.91. The first-order chi connectivity index (χ1) is 8.90. The van der Waals surface area contributed by atoms with E-state index >= 15 is 0 Å². The summed E-state index contributed by atoms with van der Waals surface area (Å²) in [5.74, 6) is 1.25. The molecule has 2 N–H and O–H groups in total. The maximum Gasteiger partial charge on any atom is 0.315 e. The molecule has 1 saturated carbocycles. The third kappa shape index (κ3) is 3.04. The van der Waals surface area contributed by atoms with E-state index in [1.807, 2.05) is 0 Å². The fourth-order valence-corrected chi connectivity index (χ4v) is 1.50. The Morgan fingerprint density at radius 1 is 1.33 bits per heavy atom. The second kappa shape index (κ2) is 5.13. The standard InChI is InChI=1S/C10H14N6O2/c1-2-7(1)12-5-9-14-15-10(18-9)11-4-3-8-13-6-17-16-8/h6-7,12H,1-5H2,(H,11,15).